The highest BCUT2D eigenvalue weighted by Gasteiger charge is 2.27. The maximum absolute atomic E-state index is 13.2. The zero-order valence-corrected chi connectivity index (χ0v) is 20.9. The van der Waals surface area contributed by atoms with E-state index in [-0.39, 0.29) is 11.3 Å². The van der Waals surface area contributed by atoms with E-state index in [0.29, 0.717) is 22.3 Å². The molecular weight excluding hydrogens is 474 g/mol. The lowest BCUT2D eigenvalue weighted by atomic mass is 10.0. The zero-order chi connectivity index (χ0) is 26.6. The Kier molecular flexibility index (Phi) is 7.29. The second kappa shape index (κ2) is 10.6. The fraction of sp³-hybridized carbons (Fsp3) is 0.207. The summed E-state index contributed by atoms with van der Waals surface area (Å²) in [5.74, 6) is 0.114. The van der Waals surface area contributed by atoms with Crippen LogP contribution in [0.4, 0.5) is 4.79 Å². The van der Waals surface area contributed by atoms with Gasteiger partial charge in [0, 0.05) is 17.5 Å². The Balaban J connectivity index is 1.63. The van der Waals surface area contributed by atoms with Crippen LogP contribution in [-0.2, 0) is 9.53 Å². The first-order valence-corrected chi connectivity index (χ1v) is 11.6. The fourth-order valence-corrected chi connectivity index (χ4v) is 3.74. The molecule has 8 heteroatoms. The van der Waals surface area contributed by atoms with E-state index in [1.165, 1.54) is 12.1 Å². The fourth-order valence-electron chi connectivity index (χ4n) is 3.74. The van der Waals surface area contributed by atoms with E-state index >= 15 is 0 Å². The topological polar surface area (TPSA) is 104 Å². The van der Waals surface area contributed by atoms with Crippen molar-refractivity contribution in [2.75, 3.05) is 7.11 Å². The molecule has 0 saturated carbocycles. The molecule has 0 aliphatic carbocycles. The molecule has 1 amide bonds. The van der Waals surface area contributed by atoms with E-state index in [0.717, 1.165) is 5.56 Å². The molecule has 37 heavy (non-hydrogen) atoms. The Morgan fingerprint density at radius 2 is 1.57 bits per heavy atom. The first-order chi connectivity index (χ1) is 17.6. The van der Waals surface area contributed by atoms with Crippen molar-refractivity contribution in [3.05, 3.63) is 94.8 Å². The normalized spacial score (nSPS) is 12.0. The maximum atomic E-state index is 13.2. The summed E-state index contributed by atoms with van der Waals surface area (Å²) < 4.78 is 21.5. The largest absolute Gasteiger partial charge is 0.497 e. The molecule has 0 saturated heterocycles. The molecule has 0 unspecified atom stereocenters. The molecule has 0 fully saturated rings. The predicted octanol–water partition coefficient (Wildman–Crippen LogP) is 5.64. The SMILES string of the molecule is COc1ccc(-c2cc(=O)oc3cc(OC(=O)[C@@H](NC(=O)OC(C)(C)C)c4ccccc4)ccc23)cc1. The van der Waals surface area contributed by atoms with Crippen LogP contribution in [0.3, 0.4) is 0 Å². The first kappa shape index (κ1) is 25.5. The summed E-state index contributed by atoms with van der Waals surface area (Å²) in [4.78, 5) is 37.9. The Hall–Kier alpha value is -4.59. The molecule has 1 heterocycles. The number of alkyl carbamates (subject to hydrolysis) is 1. The van der Waals surface area contributed by atoms with Crippen LogP contribution in [-0.4, -0.2) is 24.8 Å². The van der Waals surface area contributed by atoms with Gasteiger partial charge in [0.1, 0.15) is 22.7 Å². The number of rotatable bonds is 6. The van der Waals surface area contributed by atoms with Gasteiger partial charge in [-0.3, -0.25) is 0 Å². The van der Waals surface area contributed by atoms with Gasteiger partial charge in [-0.1, -0.05) is 42.5 Å². The van der Waals surface area contributed by atoms with Gasteiger partial charge in [0.05, 0.1) is 7.11 Å². The van der Waals surface area contributed by atoms with Crippen molar-refractivity contribution in [2.24, 2.45) is 0 Å². The molecule has 1 aromatic heterocycles. The van der Waals surface area contributed by atoms with Crippen molar-refractivity contribution in [1.82, 2.24) is 5.32 Å². The lowest BCUT2D eigenvalue weighted by Gasteiger charge is -2.23. The van der Waals surface area contributed by atoms with E-state index in [2.05, 4.69) is 5.32 Å². The first-order valence-electron chi connectivity index (χ1n) is 11.6. The number of carbonyl (C=O) groups excluding carboxylic acids is 2. The molecule has 0 radical (unpaired) electrons. The number of esters is 1. The van der Waals surface area contributed by atoms with E-state index in [9.17, 15) is 14.4 Å². The van der Waals surface area contributed by atoms with Gasteiger partial charge in [-0.25, -0.2) is 14.4 Å². The van der Waals surface area contributed by atoms with Crippen molar-refractivity contribution in [3.8, 4) is 22.6 Å². The monoisotopic (exact) mass is 501 g/mol. The number of hydrogen-bond donors (Lipinski definition) is 1. The quantitative estimate of drug-likeness (QED) is 0.207. The lowest BCUT2D eigenvalue weighted by Crippen LogP contribution is -2.39. The number of ether oxygens (including phenoxy) is 3. The molecule has 8 nitrogen and oxygen atoms in total. The maximum Gasteiger partial charge on any atom is 0.408 e. The Bertz CT molecular complexity index is 1470. The third-order valence-electron chi connectivity index (χ3n) is 5.37. The van der Waals surface area contributed by atoms with Gasteiger partial charge in [0.2, 0.25) is 0 Å². The number of carbonyl (C=O) groups is 2. The van der Waals surface area contributed by atoms with Crippen LogP contribution >= 0.6 is 0 Å². The molecule has 1 N–H and O–H groups in total. The minimum absolute atomic E-state index is 0.152. The lowest BCUT2D eigenvalue weighted by molar-refractivity contribution is -0.137. The van der Waals surface area contributed by atoms with Crippen molar-refractivity contribution in [3.63, 3.8) is 0 Å². The average Bonchev–Trinajstić information content (AvgIpc) is 2.86. The Morgan fingerprint density at radius 1 is 0.892 bits per heavy atom. The van der Waals surface area contributed by atoms with Crippen LogP contribution < -0.4 is 20.4 Å². The van der Waals surface area contributed by atoms with E-state index in [4.69, 9.17) is 18.6 Å². The Labute approximate surface area is 213 Å². The van der Waals surface area contributed by atoms with Crippen molar-refractivity contribution >= 4 is 23.0 Å². The molecule has 0 aliphatic heterocycles. The average molecular weight is 502 g/mol. The third kappa shape index (κ3) is 6.35. The van der Waals surface area contributed by atoms with Crippen LogP contribution in [0.1, 0.15) is 32.4 Å². The number of nitrogens with one attached hydrogen (secondary N) is 1. The van der Waals surface area contributed by atoms with Gasteiger partial charge in [0.15, 0.2) is 6.04 Å². The molecular formula is C29H27NO7. The third-order valence-corrected chi connectivity index (χ3v) is 5.37. The van der Waals surface area contributed by atoms with Crippen molar-refractivity contribution in [1.29, 1.82) is 0 Å². The smallest absolute Gasteiger partial charge is 0.408 e. The summed E-state index contributed by atoms with van der Waals surface area (Å²) in [7, 11) is 1.58. The summed E-state index contributed by atoms with van der Waals surface area (Å²) in [6, 6.07) is 21.0. The van der Waals surface area contributed by atoms with Crippen LogP contribution in [0.15, 0.2) is 88.1 Å². The number of amides is 1. The molecule has 3 aromatic carbocycles. The predicted molar refractivity (Wildman–Crippen MR) is 139 cm³/mol. The molecule has 0 bridgehead atoms. The van der Waals surface area contributed by atoms with Crippen LogP contribution in [0.5, 0.6) is 11.5 Å². The summed E-state index contributed by atoms with van der Waals surface area (Å²) in [6.45, 7) is 5.18. The van der Waals surface area contributed by atoms with Crippen molar-refractivity contribution < 1.29 is 28.2 Å². The molecule has 0 spiro atoms. The van der Waals surface area contributed by atoms with E-state index < -0.39 is 29.3 Å². The number of hydrogen-bond acceptors (Lipinski definition) is 7. The van der Waals surface area contributed by atoms with Gasteiger partial charge in [-0.05, 0) is 61.7 Å². The highest BCUT2D eigenvalue weighted by molar-refractivity contribution is 5.94. The van der Waals surface area contributed by atoms with E-state index in [1.807, 2.05) is 12.1 Å². The van der Waals surface area contributed by atoms with Crippen LogP contribution in [0.25, 0.3) is 22.1 Å². The van der Waals surface area contributed by atoms with Crippen LogP contribution in [0, 0.1) is 0 Å². The molecule has 0 aliphatic rings. The second-order valence-electron chi connectivity index (χ2n) is 9.28. The minimum Gasteiger partial charge on any atom is -0.497 e. The summed E-state index contributed by atoms with van der Waals surface area (Å²) in [5, 5.41) is 3.24. The van der Waals surface area contributed by atoms with Gasteiger partial charge in [0.25, 0.3) is 0 Å². The molecule has 190 valence electrons. The Morgan fingerprint density at radius 3 is 2.22 bits per heavy atom. The molecule has 4 aromatic rings. The summed E-state index contributed by atoms with van der Waals surface area (Å²) in [5.41, 5.74) is 0.949. The van der Waals surface area contributed by atoms with Gasteiger partial charge >= 0.3 is 17.7 Å². The van der Waals surface area contributed by atoms with E-state index in [1.54, 1.807) is 82.5 Å². The minimum atomic E-state index is -1.12. The number of benzene rings is 3. The summed E-state index contributed by atoms with van der Waals surface area (Å²) >= 11 is 0. The zero-order valence-electron chi connectivity index (χ0n) is 20.9. The highest BCUT2D eigenvalue weighted by Crippen LogP contribution is 2.31. The molecule has 1 atom stereocenters. The van der Waals surface area contributed by atoms with Gasteiger partial charge in [-0.15, -0.1) is 0 Å². The second-order valence-corrected chi connectivity index (χ2v) is 9.28. The standard InChI is InChI=1S/C29H27NO7/c1-29(2,3)37-28(33)30-26(19-8-6-5-7-9-19)27(32)35-21-14-15-22-23(17-25(31)36-24(22)16-21)18-10-12-20(34-4)13-11-18/h5-17,26H,1-4H3,(H,30,33)/t26-/m0/s1. The highest BCUT2D eigenvalue weighted by atomic mass is 16.6. The van der Waals surface area contributed by atoms with Crippen molar-refractivity contribution in [2.45, 2.75) is 32.4 Å². The van der Waals surface area contributed by atoms with Gasteiger partial charge in [-0.2, -0.15) is 0 Å². The molecule has 4 rings (SSSR count). The van der Waals surface area contributed by atoms with Crippen LogP contribution in [0.2, 0.25) is 0 Å². The number of methoxy groups -OCH3 is 1. The number of fused-ring (bicyclic) bond motifs is 1. The summed E-state index contributed by atoms with van der Waals surface area (Å²) in [6.07, 6.45) is -0.757. The van der Waals surface area contributed by atoms with Gasteiger partial charge < -0.3 is 23.9 Å².